The zero-order valence-electron chi connectivity index (χ0n) is 15.2. The van der Waals surface area contributed by atoms with Crippen molar-refractivity contribution in [1.29, 1.82) is 0 Å². The fourth-order valence-electron chi connectivity index (χ4n) is 2.95. The minimum atomic E-state index is -0.989. The summed E-state index contributed by atoms with van der Waals surface area (Å²) in [6.45, 7) is 3.16. The van der Waals surface area contributed by atoms with Gasteiger partial charge in [0, 0.05) is 5.39 Å². The number of rotatable bonds is 6. The maximum atomic E-state index is 12.4. The van der Waals surface area contributed by atoms with E-state index >= 15 is 0 Å². The van der Waals surface area contributed by atoms with E-state index in [9.17, 15) is 14.7 Å². The van der Waals surface area contributed by atoms with Gasteiger partial charge in [-0.25, -0.2) is 4.68 Å². The van der Waals surface area contributed by atoms with Gasteiger partial charge in [-0.05, 0) is 30.9 Å². The van der Waals surface area contributed by atoms with Crippen LogP contribution in [0.5, 0.6) is 5.75 Å². The second-order valence-electron chi connectivity index (χ2n) is 6.38. The number of carbonyl (C=O) groups excluding carboxylic acids is 1. The van der Waals surface area contributed by atoms with Gasteiger partial charge in [0.05, 0.1) is 12.2 Å². The van der Waals surface area contributed by atoms with Gasteiger partial charge < -0.3 is 15.6 Å². The molecule has 1 heterocycles. The number of ether oxygens (including phenoxy) is 1. The first-order valence-corrected chi connectivity index (χ1v) is 8.55. The molecule has 0 saturated heterocycles. The summed E-state index contributed by atoms with van der Waals surface area (Å²) in [7, 11) is 0. The molecule has 0 aliphatic carbocycles. The number of fused-ring (bicyclic) bond motifs is 1. The maximum Gasteiger partial charge on any atom is 0.279 e. The molecular weight excluding hydrogens is 346 g/mol. The van der Waals surface area contributed by atoms with Crippen LogP contribution in [-0.4, -0.2) is 33.5 Å². The Morgan fingerprint density at radius 2 is 1.93 bits per heavy atom. The van der Waals surface area contributed by atoms with E-state index < -0.39 is 17.6 Å². The molecule has 7 heteroatoms. The molecule has 1 aromatic heterocycles. The number of nitrogens with two attached hydrogens (primary N) is 1. The molecule has 7 nitrogen and oxygen atoms in total. The van der Waals surface area contributed by atoms with Crippen LogP contribution < -0.4 is 16.0 Å². The number of hydrogen-bond donors (Lipinski definition) is 2. The Hall–Kier alpha value is -3.19. The first kappa shape index (κ1) is 18.6. The zero-order valence-corrected chi connectivity index (χ0v) is 15.2. The van der Waals surface area contributed by atoms with Gasteiger partial charge in [-0.3, -0.25) is 9.59 Å². The van der Waals surface area contributed by atoms with E-state index in [0.29, 0.717) is 17.0 Å². The number of primary amides is 1. The summed E-state index contributed by atoms with van der Waals surface area (Å²) in [5, 5.41) is 16.4. The van der Waals surface area contributed by atoms with Gasteiger partial charge in [-0.2, -0.15) is 5.10 Å². The number of aryl methyl sites for hydroxylation is 1. The maximum absolute atomic E-state index is 12.4. The lowest BCUT2D eigenvalue weighted by Gasteiger charge is -2.16. The first-order valence-electron chi connectivity index (χ1n) is 8.55. The molecule has 0 fully saturated rings. The van der Waals surface area contributed by atoms with Crippen molar-refractivity contribution in [2.45, 2.75) is 26.5 Å². The van der Waals surface area contributed by atoms with Gasteiger partial charge in [-0.15, -0.1) is 0 Å². The van der Waals surface area contributed by atoms with Crippen molar-refractivity contribution in [1.82, 2.24) is 9.78 Å². The minimum Gasteiger partial charge on any atom is -0.490 e. The largest absolute Gasteiger partial charge is 0.490 e. The van der Waals surface area contributed by atoms with E-state index in [1.165, 1.54) is 0 Å². The lowest BCUT2D eigenvalue weighted by Crippen LogP contribution is -2.37. The Morgan fingerprint density at radius 3 is 2.67 bits per heavy atom. The van der Waals surface area contributed by atoms with Crippen molar-refractivity contribution >= 4 is 16.7 Å². The third-order valence-corrected chi connectivity index (χ3v) is 4.45. The van der Waals surface area contributed by atoms with Crippen LogP contribution >= 0.6 is 0 Å². The van der Waals surface area contributed by atoms with Crippen LogP contribution in [-0.2, 0) is 6.54 Å². The molecule has 3 aromatic rings. The van der Waals surface area contributed by atoms with E-state index in [0.717, 1.165) is 15.5 Å². The number of aromatic nitrogens is 2. The van der Waals surface area contributed by atoms with Crippen LogP contribution in [0.3, 0.4) is 0 Å². The summed E-state index contributed by atoms with van der Waals surface area (Å²) in [4.78, 5) is 24.0. The van der Waals surface area contributed by atoms with Gasteiger partial charge in [0.1, 0.15) is 24.0 Å². The first-order chi connectivity index (χ1) is 12.9. The van der Waals surface area contributed by atoms with E-state index in [2.05, 4.69) is 5.10 Å². The van der Waals surface area contributed by atoms with Crippen LogP contribution in [0, 0.1) is 13.8 Å². The average molecular weight is 367 g/mol. The molecule has 0 aliphatic heterocycles. The molecule has 27 heavy (non-hydrogen) atoms. The zero-order chi connectivity index (χ0) is 19.6. The molecule has 0 bridgehead atoms. The van der Waals surface area contributed by atoms with Crippen LogP contribution in [0.25, 0.3) is 10.8 Å². The summed E-state index contributed by atoms with van der Waals surface area (Å²) >= 11 is 0. The molecule has 0 spiro atoms. The van der Waals surface area contributed by atoms with Gasteiger partial charge in [0.25, 0.3) is 11.5 Å². The van der Waals surface area contributed by atoms with Crippen LogP contribution in [0.4, 0.5) is 0 Å². The lowest BCUT2D eigenvalue weighted by molar-refractivity contribution is 0.0878. The van der Waals surface area contributed by atoms with Crippen LogP contribution in [0.15, 0.2) is 47.3 Å². The topological polar surface area (TPSA) is 107 Å². The Balaban J connectivity index is 1.78. The van der Waals surface area contributed by atoms with Crippen LogP contribution in [0.1, 0.15) is 21.6 Å². The number of amides is 1. The van der Waals surface area contributed by atoms with Gasteiger partial charge in [0.15, 0.2) is 0 Å². The number of carbonyl (C=O) groups is 1. The summed E-state index contributed by atoms with van der Waals surface area (Å²) in [5.41, 5.74) is 5.54. The van der Waals surface area contributed by atoms with E-state index in [4.69, 9.17) is 10.5 Å². The molecule has 1 amide bonds. The summed E-state index contributed by atoms with van der Waals surface area (Å²) < 4.78 is 6.80. The van der Waals surface area contributed by atoms with Crippen molar-refractivity contribution in [2.75, 3.05) is 6.61 Å². The molecule has 3 N–H and O–H groups in total. The van der Waals surface area contributed by atoms with Crippen molar-refractivity contribution in [3.05, 3.63) is 69.6 Å². The number of nitrogens with zero attached hydrogens (tertiary/aromatic N) is 2. The minimum absolute atomic E-state index is 0.0268. The lowest BCUT2D eigenvalue weighted by atomic mass is 10.1. The third kappa shape index (κ3) is 3.83. The fraction of sp³-hybridized carbons (Fsp3) is 0.250. The number of hydrogen-bond acceptors (Lipinski definition) is 5. The van der Waals surface area contributed by atoms with Crippen molar-refractivity contribution in [2.24, 2.45) is 5.73 Å². The monoisotopic (exact) mass is 367 g/mol. The quantitative estimate of drug-likeness (QED) is 0.687. The predicted octanol–water partition coefficient (Wildman–Crippen LogP) is 1.55. The van der Waals surface area contributed by atoms with Gasteiger partial charge in [0.2, 0.25) is 0 Å². The molecule has 0 aliphatic rings. The summed E-state index contributed by atoms with van der Waals surface area (Å²) in [6.07, 6.45) is -0.989. The standard InChI is InChI=1S/C20H21N3O4/c1-12-13(2)22-23(20(26)18(12)19(21)25)10-15(24)11-27-17-9-5-7-14-6-3-4-8-16(14)17/h3-9,15,24H,10-11H2,1-2H3,(H2,21,25). The number of benzene rings is 2. The SMILES string of the molecule is Cc1nn(CC(O)COc2cccc3ccccc23)c(=O)c(C(N)=O)c1C. The molecule has 1 unspecified atom stereocenters. The second-order valence-corrected chi connectivity index (χ2v) is 6.38. The Bertz CT molecular complexity index is 1050. The molecule has 1 atom stereocenters. The van der Waals surface area contributed by atoms with Crippen molar-refractivity contribution in [3.63, 3.8) is 0 Å². The molecule has 0 radical (unpaired) electrons. The summed E-state index contributed by atoms with van der Waals surface area (Å²) in [6, 6.07) is 13.4. The van der Waals surface area contributed by atoms with Gasteiger partial charge in [-0.1, -0.05) is 36.4 Å². The van der Waals surface area contributed by atoms with Crippen molar-refractivity contribution < 1.29 is 14.6 Å². The third-order valence-electron chi connectivity index (χ3n) is 4.45. The molecule has 140 valence electrons. The normalized spacial score (nSPS) is 12.1. The molecule has 3 rings (SSSR count). The number of aliphatic hydroxyl groups is 1. The molecule has 2 aromatic carbocycles. The Labute approximate surface area is 156 Å². The van der Waals surface area contributed by atoms with E-state index in [1.807, 2.05) is 42.5 Å². The Morgan fingerprint density at radius 1 is 1.22 bits per heavy atom. The van der Waals surface area contributed by atoms with Gasteiger partial charge >= 0.3 is 0 Å². The smallest absolute Gasteiger partial charge is 0.279 e. The van der Waals surface area contributed by atoms with Crippen molar-refractivity contribution in [3.8, 4) is 5.75 Å². The molecule has 0 saturated carbocycles. The average Bonchev–Trinajstić information content (AvgIpc) is 2.64. The predicted molar refractivity (Wildman–Crippen MR) is 102 cm³/mol. The highest BCUT2D eigenvalue weighted by molar-refractivity contribution is 5.94. The highest BCUT2D eigenvalue weighted by Gasteiger charge is 2.18. The molecular formula is C20H21N3O4. The van der Waals surface area contributed by atoms with E-state index in [-0.39, 0.29) is 18.7 Å². The summed E-state index contributed by atoms with van der Waals surface area (Å²) in [5.74, 6) is -0.163. The second kappa shape index (κ2) is 7.59. The highest BCUT2D eigenvalue weighted by atomic mass is 16.5. The van der Waals surface area contributed by atoms with Crippen LogP contribution in [0.2, 0.25) is 0 Å². The fourth-order valence-corrected chi connectivity index (χ4v) is 2.95. The number of aliphatic hydroxyl groups excluding tert-OH is 1. The highest BCUT2D eigenvalue weighted by Crippen LogP contribution is 2.25. The Kier molecular flexibility index (Phi) is 5.23. The van der Waals surface area contributed by atoms with E-state index in [1.54, 1.807) is 13.8 Å².